The molecule has 0 spiro atoms. The second-order valence-electron chi connectivity index (χ2n) is 2.89. The fourth-order valence-corrected chi connectivity index (χ4v) is 1.14. The molecule has 0 aromatic heterocycles. The van der Waals surface area contributed by atoms with Crippen molar-refractivity contribution < 1.29 is 17.5 Å². The average molecular weight is 245 g/mol. The van der Waals surface area contributed by atoms with E-state index in [9.17, 15) is 0 Å². The Morgan fingerprint density at radius 3 is 2.62 bits per heavy atom. The lowest BCUT2D eigenvalue weighted by atomic mass is 10.4. The fourth-order valence-electron chi connectivity index (χ4n) is 1.14. The maximum absolute atomic E-state index is 8.74. The first kappa shape index (κ1) is 12.4. The van der Waals surface area contributed by atoms with Gasteiger partial charge in [0.2, 0.25) is 0 Å². The summed E-state index contributed by atoms with van der Waals surface area (Å²) in [5.74, 6) is 0.856. The van der Waals surface area contributed by atoms with Crippen molar-refractivity contribution >= 4 is 16.6 Å². The molecule has 0 amide bonds. The average Bonchev–Trinajstić information content (AvgIpc) is 2.51. The maximum atomic E-state index is 8.74. The van der Waals surface area contributed by atoms with E-state index in [4.69, 9.17) is 23.3 Å². The normalized spacial score (nSPS) is 18.0. The molecule has 16 heavy (non-hydrogen) atoms. The summed E-state index contributed by atoms with van der Waals surface area (Å²) in [5.41, 5.74) is 6.44. The maximum Gasteiger partial charge on any atom is 0.394 e. The predicted molar refractivity (Wildman–Crippen MR) is 58.9 cm³/mol. The van der Waals surface area contributed by atoms with Gasteiger partial charge in [0.05, 0.1) is 12.2 Å². The second kappa shape index (κ2) is 4.92. The number of nitrogens with two attached hydrogens (primary N) is 1. The lowest BCUT2D eigenvalue weighted by Crippen LogP contribution is -2.14. The van der Waals surface area contributed by atoms with Crippen LogP contribution in [0, 0.1) is 0 Å². The lowest BCUT2D eigenvalue weighted by Gasteiger charge is -2.11. The van der Waals surface area contributed by atoms with Gasteiger partial charge < -0.3 is 10.6 Å². The summed E-state index contributed by atoms with van der Waals surface area (Å²) >= 11 is 0. The molecule has 2 aliphatic heterocycles. The van der Waals surface area contributed by atoms with E-state index in [-0.39, 0.29) is 0 Å². The number of aliphatic imine (C=N–C) groups is 1. The van der Waals surface area contributed by atoms with E-state index in [0.29, 0.717) is 0 Å². The number of rotatable bonds is 0. The quantitative estimate of drug-likeness (QED) is 0.514. The monoisotopic (exact) mass is 245 g/mol. The summed E-state index contributed by atoms with van der Waals surface area (Å²) < 4.78 is 31.6. The highest BCUT2D eigenvalue weighted by molar-refractivity contribution is 7.79. The van der Waals surface area contributed by atoms with Crippen LogP contribution in [0.1, 0.15) is 0 Å². The van der Waals surface area contributed by atoms with E-state index in [2.05, 4.69) is 4.99 Å². The summed E-state index contributed by atoms with van der Waals surface area (Å²) in [5, 5.41) is 0. The van der Waals surface area contributed by atoms with Gasteiger partial charge in [0, 0.05) is 12.4 Å². The van der Waals surface area contributed by atoms with Crippen molar-refractivity contribution in [1.82, 2.24) is 4.90 Å². The zero-order chi connectivity index (χ0) is 12.2. The highest BCUT2D eigenvalue weighted by Crippen LogP contribution is 2.16. The molecule has 8 heteroatoms. The van der Waals surface area contributed by atoms with Gasteiger partial charge in [0.1, 0.15) is 0 Å². The van der Waals surface area contributed by atoms with Crippen LogP contribution in [0.3, 0.4) is 0 Å². The Morgan fingerprint density at radius 2 is 2.00 bits per heavy atom. The van der Waals surface area contributed by atoms with E-state index in [1.165, 1.54) is 0 Å². The number of fused-ring (bicyclic) bond motifs is 1. The van der Waals surface area contributed by atoms with Crippen LogP contribution in [0.15, 0.2) is 40.9 Å². The molecule has 88 valence electrons. The second-order valence-corrected chi connectivity index (χ2v) is 3.79. The minimum absolute atomic E-state index is 0.726. The SMILES string of the molecule is NC1=C2N=CCN2C=CC=C1.O=S(=O)(O)O. The Hall–Kier alpha value is -1.64. The fraction of sp³-hybridized carbons (Fsp3) is 0.125. The summed E-state index contributed by atoms with van der Waals surface area (Å²) in [4.78, 5) is 6.16. The molecular weight excluding hydrogens is 234 g/mol. The summed E-state index contributed by atoms with van der Waals surface area (Å²) in [6.45, 7) is 0.828. The Kier molecular flexibility index (Phi) is 3.82. The van der Waals surface area contributed by atoms with Gasteiger partial charge in [-0.2, -0.15) is 8.42 Å². The van der Waals surface area contributed by atoms with Crippen molar-refractivity contribution in [2.75, 3.05) is 6.54 Å². The van der Waals surface area contributed by atoms with Crippen LogP contribution in [0.4, 0.5) is 0 Å². The van der Waals surface area contributed by atoms with E-state index < -0.39 is 10.4 Å². The van der Waals surface area contributed by atoms with Crippen LogP contribution >= 0.6 is 0 Å². The van der Waals surface area contributed by atoms with Gasteiger partial charge >= 0.3 is 10.4 Å². The number of nitrogens with zero attached hydrogens (tertiary/aromatic N) is 2. The molecule has 0 aromatic carbocycles. The Labute approximate surface area is 92.8 Å². The number of hydrogen-bond donors (Lipinski definition) is 3. The van der Waals surface area contributed by atoms with E-state index in [1.807, 2.05) is 35.5 Å². The van der Waals surface area contributed by atoms with Gasteiger partial charge in [-0.1, -0.05) is 6.08 Å². The third-order valence-electron chi connectivity index (χ3n) is 1.68. The molecule has 7 nitrogen and oxygen atoms in total. The summed E-state index contributed by atoms with van der Waals surface area (Å²) in [6, 6.07) is 0. The first-order valence-corrected chi connectivity index (χ1v) is 5.61. The van der Waals surface area contributed by atoms with Crippen LogP contribution in [0.5, 0.6) is 0 Å². The molecule has 2 heterocycles. The van der Waals surface area contributed by atoms with E-state index in [0.717, 1.165) is 18.1 Å². The number of allylic oxidation sites excluding steroid dienone is 3. The standard InChI is InChI=1S/C8H9N3.H2O4S/c9-7-3-1-2-5-11-6-4-10-8(7)11;1-5(2,3)4/h1-5H,6,9H2;(H2,1,2,3,4). The highest BCUT2D eigenvalue weighted by atomic mass is 32.3. The van der Waals surface area contributed by atoms with Crippen LogP contribution < -0.4 is 5.73 Å². The summed E-state index contributed by atoms with van der Waals surface area (Å²) in [7, 11) is -4.67. The number of hydrogen-bond acceptors (Lipinski definition) is 5. The third kappa shape index (κ3) is 4.26. The molecule has 4 N–H and O–H groups in total. The van der Waals surface area contributed by atoms with Gasteiger partial charge in [-0.05, 0) is 12.2 Å². The minimum Gasteiger partial charge on any atom is -0.396 e. The van der Waals surface area contributed by atoms with Crippen molar-refractivity contribution in [3.05, 3.63) is 35.9 Å². The molecule has 0 bridgehead atoms. The zero-order valence-electron chi connectivity index (χ0n) is 8.18. The Morgan fingerprint density at radius 1 is 1.38 bits per heavy atom. The molecule has 0 aromatic rings. The smallest absolute Gasteiger partial charge is 0.394 e. The molecule has 0 atom stereocenters. The molecule has 0 fully saturated rings. The zero-order valence-corrected chi connectivity index (χ0v) is 9.00. The van der Waals surface area contributed by atoms with Crippen molar-refractivity contribution in [3.8, 4) is 0 Å². The molecule has 0 aliphatic carbocycles. The first-order chi connectivity index (χ1) is 7.38. The van der Waals surface area contributed by atoms with Crippen molar-refractivity contribution in [2.45, 2.75) is 0 Å². The van der Waals surface area contributed by atoms with Crippen LogP contribution in [0.25, 0.3) is 0 Å². The van der Waals surface area contributed by atoms with Gasteiger partial charge in [0.15, 0.2) is 5.82 Å². The first-order valence-electron chi connectivity index (χ1n) is 4.21. The topological polar surface area (TPSA) is 116 Å². The predicted octanol–water partition coefficient (Wildman–Crippen LogP) is -0.0687. The van der Waals surface area contributed by atoms with Gasteiger partial charge in [-0.25, -0.2) is 4.99 Å². The van der Waals surface area contributed by atoms with Crippen molar-refractivity contribution in [1.29, 1.82) is 0 Å². The van der Waals surface area contributed by atoms with Crippen molar-refractivity contribution in [3.63, 3.8) is 0 Å². The van der Waals surface area contributed by atoms with Crippen LogP contribution in [-0.2, 0) is 10.4 Å². The molecule has 0 unspecified atom stereocenters. The molecular formula is C8H11N3O4S. The Balaban J connectivity index is 0.000000221. The van der Waals surface area contributed by atoms with E-state index in [1.54, 1.807) is 0 Å². The largest absolute Gasteiger partial charge is 0.396 e. The summed E-state index contributed by atoms with van der Waals surface area (Å²) in [6.07, 6.45) is 9.55. The van der Waals surface area contributed by atoms with Gasteiger partial charge in [-0.3, -0.25) is 9.11 Å². The van der Waals surface area contributed by atoms with Gasteiger partial charge in [0.25, 0.3) is 0 Å². The minimum atomic E-state index is -4.67. The van der Waals surface area contributed by atoms with E-state index >= 15 is 0 Å². The third-order valence-corrected chi connectivity index (χ3v) is 1.68. The van der Waals surface area contributed by atoms with Crippen LogP contribution in [-0.4, -0.2) is 35.2 Å². The van der Waals surface area contributed by atoms with Crippen molar-refractivity contribution in [2.24, 2.45) is 10.7 Å². The lowest BCUT2D eigenvalue weighted by molar-refractivity contribution is 0.381. The van der Waals surface area contributed by atoms with Gasteiger partial charge in [-0.15, -0.1) is 0 Å². The molecule has 0 saturated carbocycles. The van der Waals surface area contributed by atoms with Crippen LogP contribution in [0.2, 0.25) is 0 Å². The molecule has 0 saturated heterocycles. The molecule has 2 aliphatic rings. The highest BCUT2D eigenvalue weighted by Gasteiger charge is 2.13. The Bertz CT molecular complexity index is 468. The molecule has 2 rings (SSSR count). The molecule has 0 radical (unpaired) electrons.